The van der Waals surface area contributed by atoms with Crippen LogP contribution in [0.25, 0.3) is 0 Å². The molecule has 148 valence electrons. The molecule has 2 aliphatic rings. The highest BCUT2D eigenvalue weighted by atomic mass is 16.2. The van der Waals surface area contributed by atoms with Crippen molar-refractivity contribution in [3.8, 4) is 0 Å². The van der Waals surface area contributed by atoms with Crippen LogP contribution in [-0.2, 0) is 4.79 Å². The van der Waals surface area contributed by atoms with Crippen molar-refractivity contribution in [2.45, 2.75) is 69.9 Å². The van der Waals surface area contributed by atoms with Crippen molar-refractivity contribution in [3.63, 3.8) is 0 Å². The van der Waals surface area contributed by atoms with Crippen molar-refractivity contribution in [3.05, 3.63) is 35.9 Å². The Morgan fingerprint density at radius 3 is 2.26 bits per heavy atom. The van der Waals surface area contributed by atoms with Crippen LogP contribution in [0.5, 0.6) is 0 Å². The molecule has 1 heterocycles. The number of likely N-dealkylation sites (tertiary alicyclic amines) is 1. The van der Waals surface area contributed by atoms with Gasteiger partial charge in [-0.2, -0.15) is 0 Å². The van der Waals surface area contributed by atoms with Gasteiger partial charge < -0.3 is 15.1 Å². The predicted molar refractivity (Wildman–Crippen MR) is 108 cm³/mol. The van der Waals surface area contributed by atoms with E-state index in [1.165, 1.54) is 5.56 Å². The monoisotopic (exact) mass is 371 g/mol. The van der Waals surface area contributed by atoms with E-state index in [9.17, 15) is 9.59 Å². The zero-order valence-corrected chi connectivity index (χ0v) is 16.7. The topological polar surface area (TPSA) is 52.7 Å². The van der Waals surface area contributed by atoms with Crippen LogP contribution in [-0.4, -0.2) is 54.0 Å². The number of nitrogens with one attached hydrogen (secondary N) is 1. The number of hydrogen-bond donors (Lipinski definition) is 1. The molecule has 1 N–H and O–H groups in total. The van der Waals surface area contributed by atoms with E-state index in [1.807, 2.05) is 23.8 Å². The molecule has 1 aliphatic heterocycles. The van der Waals surface area contributed by atoms with Crippen molar-refractivity contribution in [1.29, 1.82) is 0 Å². The average Bonchev–Trinajstić information content (AvgIpc) is 2.74. The first kappa shape index (κ1) is 19.7. The second-order valence-corrected chi connectivity index (χ2v) is 7.99. The molecular weight excluding hydrogens is 338 g/mol. The second-order valence-electron chi connectivity index (χ2n) is 7.99. The minimum Gasteiger partial charge on any atom is -0.343 e. The van der Waals surface area contributed by atoms with Gasteiger partial charge in [0, 0.05) is 38.6 Å². The zero-order chi connectivity index (χ0) is 19.2. The summed E-state index contributed by atoms with van der Waals surface area (Å²) in [4.78, 5) is 28.3. The van der Waals surface area contributed by atoms with Gasteiger partial charge in [0.25, 0.3) is 0 Å². The Hall–Kier alpha value is -2.04. The summed E-state index contributed by atoms with van der Waals surface area (Å²) < 4.78 is 0. The van der Waals surface area contributed by atoms with E-state index in [0.29, 0.717) is 12.3 Å². The van der Waals surface area contributed by atoms with Gasteiger partial charge in [-0.3, -0.25) is 4.79 Å². The van der Waals surface area contributed by atoms with Gasteiger partial charge in [0.05, 0.1) is 0 Å². The number of nitrogens with zero attached hydrogens (tertiary/aromatic N) is 2. The first-order chi connectivity index (χ1) is 13.1. The van der Waals surface area contributed by atoms with Gasteiger partial charge in [-0.15, -0.1) is 0 Å². The molecule has 5 nitrogen and oxygen atoms in total. The van der Waals surface area contributed by atoms with Crippen LogP contribution >= 0.6 is 0 Å². The average molecular weight is 372 g/mol. The maximum atomic E-state index is 12.7. The Labute approximate surface area is 163 Å². The van der Waals surface area contributed by atoms with Crippen molar-refractivity contribution >= 4 is 11.9 Å². The molecule has 1 aliphatic carbocycles. The van der Waals surface area contributed by atoms with Gasteiger partial charge in [0.2, 0.25) is 5.91 Å². The van der Waals surface area contributed by atoms with Crippen LogP contribution in [0.15, 0.2) is 30.3 Å². The largest absolute Gasteiger partial charge is 0.343 e. The number of rotatable bonds is 4. The van der Waals surface area contributed by atoms with Gasteiger partial charge in [-0.25, -0.2) is 4.79 Å². The van der Waals surface area contributed by atoms with Gasteiger partial charge >= 0.3 is 6.03 Å². The standard InChI is InChI=1S/C22H33N3O2/c1-3-21(26)25-15-13-20(14-16-25)24(2)22(27)23-19-11-9-18(10-12-19)17-7-5-4-6-8-17/h4-8,18-20H,3,9-16H2,1-2H3,(H,23,27)/t18-,19+. The van der Waals surface area contributed by atoms with E-state index in [4.69, 9.17) is 0 Å². The lowest BCUT2D eigenvalue weighted by atomic mass is 9.82. The molecule has 5 heteroatoms. The SMILES string of the molecule is CCC(=O)N1CCC(N(C)C(=O)N[C@H]2CC[C@@H](c3ccccc3)CC2)CC1. The fraction of sp³-hybridized carbons (Fsp3) is 0.636. The van der Waals surface area contributed by atoms with Crippen LogP contribution in [0, 0.1) is 0 Å². The highest BCUT2D eigenvalue weighted by Gasteiger charge is 2.29. The number of piperidine rings is 1. The molecule has 0 unspecified atom stereocenters. The molecule has 3 rings (SSSR count). The highest BCUT2D eigenvalue weighted by Crippen LogP contribution is 2.32. The molecule has 0 atom stereocenters. The molecular formula is C22H33N3O2. The van der Waals surface area contributed by atoms with Crippen molar-refractivity contribution in [2.24, 2.45) is 0 Å². The summed E-state index contributed by atoms with van der Waals surface area (Å²) in [7, 11) is 1.90. The Bertz CT molecular complexity index is 618. The normalized spacial score (nSPS) is 23.7. The molecule has 27 heavy (non-hydrogen) atoms. The van der Waals surface area contributed by atoms with Crippen molar-refractivity contribution < 1.29 is 9.59 Å². The lowest BCUT2D eigenvalue weighted by Gasteiger charge is -2.38. The number of carbonyl (C=O) groups excluding carboxylic acids is 2. The third kappa shape index (κ3) is 5.02. The number of benzene rings is 1. The van der Waals surface area contributed by atoms with Crippen molar-refractivity contribution in [2.75, 3.05) is 20.1 Å². The molecule has 3 amide bonds. The van der Waals surface area contributed by atoms with Gasteiger partial charge in [0.15, 0.2) is 0 Å². The zero-order valence-electron chi connectivity index (χ0n) is 16.7. The van der Waals surface area contributed by atoms with Crippen LogP contribution in [0.1, 0.15) is 63.4 Å². The van der Waals surface area contributed by atoms with Crippen LogP contribution in [0.3, 0.4) is 0 Å². The number of hydrogen-bond acceptors (Lipinski definition) is 2. The predicted octanol–water partition coefficient (Wildman–Crippen LogP) is 3.76. The summed E-state index contributed by atoms with van der Waals surface area (Å²) in [6.45, 7) is 3.43. The van der Waals surface area contributed by atoms with Crippen LogP contribution < -0.4 is 5.32 Å². The molecule has 2 fully saturated rings. The summed E-state index contributed by atoms with van der Waals surface area (Å²) >= 11 is 0. The molecule has 1 aromatic carbocycles. The fourth-order valence-electron chi connectivity index (χ4n) is 4.46. The van der Waals surface area contributed by atoms with Crippen LogP contribution in [0.4, 0.5) is 4.79 Å². The minimum absolute atomic E-state index is 0.0402. The number of carbonyl (C=O) groups is 2. The van der Waals surface area contributed by atoms with E-state index in [2.05, 4.69) is 35.6 Å². The molecule has 0 aromatic heterocycles. The van der Waals surface area contributed by atoms with Crippen LogP contribution in [0.2, 0.25) is 0 Å². The molecule has 1 saturated carbocycles. The van der Waals surface area contributed by atoms with E-state index >= 15 is 0 Å². The molecule has 1 saturated heterocycles. The van der Waals surface area contributed by atoms with Gasteiger partial charge in [-0.05, 0) is 50.0 Å². The quantitative estimate of drug-likeness (QED) is 0.876. The van der Waals surface area contributed by atoms with E-state index in [1.54, 1.807) is 0 Å². The van der Waals surface area contributed by atoms with Gasteiger partial charge in [0.1, 0.15) is 0 Å². The molecule has 0 radical (unpaired) electrons. The van der Waals surface area contributed by atoms with E-state index < -0.39 is 0 Å². The lowest BCUT2D eigenvalue weighted by molar-refractivity contribution is -0.132. The fourth-order valence-corrected chi connectivity index (χ4v) is 4.46. The summed E-state index contributed by atoms with van der Waals surface area (Å²) in [6.07, 6.45) is 6.66. The summed E-state index contributed by atoms with van der Waals surface area (Å²) in [5.41, 5.74) is 1.42. The Balaban J connectivity index is 1.42. The second kappa shape index (κ2) is 9.25. The van der Waals surface area contributed by atoms with E-state index in [-0.39, 0.29) is 24.0 Å². The Morgan fingerprint density at radius 1 is 1.04 bits per heavy atom. The first-order valence-electron chi connectivity index (χ1n) is 10.4. The summed E-state index contributed by atoms with van der Waals surface area (Å²) in [5, 5.41) is 3.24. The summed E-state index contributed by atoms with van der Waals surface area (Å²) in [6, 6.07) is 11.3. The Kier molecular flexibility index (Phi) is 6.75. The number of urea groups is 1. The third-order valence-corrected chi connectivity index (χ3v) is 6.31. The maximum absolute atomic E-state index is 12.7. The van der Waals surface area contributed by atoms with E-state index in [0.717, 1.165) is 51.6 Å². The highest BCUT2D eigenvalue weighted by molar-refractivity contribution is 5.76. The smallest absolute Gasteiger partial charge is 0.317 e. The first-order valence-corrected chi connectivity index (χ1v) is 10.4. The molecule has 0 spiro atoms. The maximum Gasteiger partial charge on any atom is 0.317 e. The van der Waals surface area contributed by atoms with Crippen molar-refractivity contribution in [1.82, 2.24) is 15.1 Å². The van der Waals surface area contributed by atoms with Gasteiger partial charge in [-0.1, -0.05) is 37.3 Å². The third-order valence-electron chi connectivity index (χ3n) is 6.31. The summed E-state index contributed by atoms with van der Waals surface area (Å²) in [5.74, 6) is 0.841. The molecule has 1 aromatic rings. The Morgan fingerprint density at radius 2 is 1.67 bits per heavy atom. The molecule has 0 bridgehead atoms. The lowest BCUT2D eigenvalue weighted by Crippen LogP contribution is -2.51. The minimum atomic E-state index is 0.0402. The number of amides is 3.